The van der Waals surface area contributed by atoms with E-state index in [1.807, 2.05) is 50.2 Å². The highest BCUT2D eigenvalue weighted by Crippen LogP contribution is 2.39. The zero-order valence-electron chi connectivity index (χ0n) is 23.1. The molecule has 1 aromatic carbocycles. The number of Topliss-reactive ketones (excluding diaryl/α,β-unsaturated/α-hetero) is 2. The highest BCUT2D eigenvalue weighted by atomic mass is 16.2. The van der Waals surface area contributed by atoms with Gasteiger partial charge in [-0.3, -0.25) is 19.5 Å². The molecule has 7 heteroatoms. The van der Waals surface area contributed by atoms with Gasteiger partial charge in [-0.15, -0.1) is 0 Å². The molecule has 0 radical (unpaired) electrons. The van der Waals surface area contributed by atoms with Crippen LogP contribution < -0.4 is 0 Å². The summed E-state index contributed by atoms with van der Waals surface area (Å²) in [7, 11) is 3.91. The van der Waals surface area contributed by atoms with Crippen LogP contribution >= 0.6 is 0 Å². The number of ketones is 2. The fourth-order valence-corrected chi connectivity index (χ4v) is 5.20. The Bertz CT molecular complexity index is 1150. The number of H-pyrrole nitrogens is 1. The number of likely N-dealkylation sites (tertiary alicyclic amines) is 1. The summed E-state index contributed by atoms with van der Waals surface area (Å²) in [5, 5.41) is 7.47. The van der Waals surface area contributed by atoms with Crippen molar-refractivity contribution in [2.45, 2.75) is 82.6 Å². The fraction of sp³-hybridized carbons (Fsp3) is 0.548. The number of benzene rings is 1. The van der Waals surface area contributed by atoms with Gasteiger partial charge < -0.3 is 9.80 Å². The van der Waals surface area contributed by atoms with Gasteiger partial charge in [0.2, 0.25) is 5.91 Å². The van der Waals surface area contributed by atoms with Gasteiger partial charge in [0.05, 0.1) is 11.7 Å². The Morgan fingerprint density at radius 2 is 1.92 bits per heavy atom. The minimum Gasteiger partial charge on any atom is -0.329 e. The Morgan fingerprint density at radius 3 is 2.68 bits per heavy atom. The van der Waals surface area contributed by atoms with Crippen molar-refractivity contribution < 1.29 is 14.4 Å². The zero-order valence-corrected chi connectivity index (χ0v) is 23.1. The molecule has 1 aliphatic carbocycles. The predicted octanol–water partition coefficient (Wildman–Crippen LogP) is 4.59. The van der Waals surface area contributed by atoms with Gasteiger partial charge in [-0.2, -0.15) is 5.10 Å². The molecule has 1 saturated carbocycles. The van der Waals surface area contributed by atoms with Crippen LogP contribution in [0.5, 0.6) is 0 Å². The number of piperidine rings is 1. The number of aryl methyl sites for hydroxylation is 2. The molecule has 2 aliphatic rings. The van der Waals surface area contributed by atoms with Crippen molar-refractivity contribution in [3.63, 3.8) is 0 Å². The maximum atomic E-state index is 13.2. The van der Waals surface area contributed by atoms with Gasteiger partial charge in [-0.25, -0.2) is 0 Å². The standard InChI is InChI=1S/C31H42N4O3/c1-22(29(36)17-15-26-21-27(33-32-26)24-13-14-24)25-9-6-8-23(20-25)12-16-30(37)28-10-4-5-19-35(28)31(38)11-7-18-34(2)3/h6-9,11,20-22,24,28H,4-5,10,12-19H2,1-3H3,(H,32,33)/b11-7+. The minimum absolute atomic E-state index is 0.0712. The number of nitrogens with zero attached hydrogens (tertiary/aromatic N) is 3. The first kappa shape index (κ1) is 28.0. The second-order valence-electron chi connectivity index (χ2n) is 11.2. The van der Waals surface area contributed by atoms with Gasteiger partial charge >= 0.3 is 0 Å². The van der Waals surface area contributed by atoms with Crippen molar-refractivity contribution in [3.05, 3.63) is 65.0 Å². The van der Waals surface area contributed by atoms with Crippen molar-refractivity contribution in [1.29, 1.82) is 0 Å². The van der Waals surface area contributed by atoms with Gasteiger partial charge in [0, 0.05) is 49.5 Å². The van der Waals surface area contributed by atoms with Crippen LogP contribution in [0.2, 0.25) is 0 Å². The molecular formula is C31H42N4O3. The number of carbonyl (C=O) groups excluding carboxylic acids is 3. The number of rotatable bonds is 13. The van der Waals surface area contributed by atoms with Gasteiger partial charge in [0.25, 0.3) is 0 Å². The molecule has 1 N–H and O–H groups in total. The van der Waals surface area contributed by atoms with E-state index in [0.717, 1.165) is 41.8 Å². The summed E-state index contributed by atoms with van der Waals surface area (Å²) >= 11 is 0. The monoisotopic (exact) mass is 518 g/mol. The first-order valence-corrected chi connectivity index (χ1v) is 14.1. The van der Waals surface area contributed by atoms with Crippen molar-refractivity contribution in [3.8, 4) is 0 Å². The minimum atomic E-state index is -0.341. The molecule has 1 saturated heterocycles. The number of likely N-dealkylation sites (N-methyl/N-ethyl adjacent to an activating group) is 1. The average molecular weight is 519 g/mol. The molecule has 204 valence electrons. The van der Waals surface area contributed by atoms with Crippen LogP contribution in [-0.4, -0.2) is 70.7 Å². The van der Waals surface area contributed by atoms with Crippen LogP contribution in [0, 0.1) is 0 Å². The zero-order chi connectivity index (χ0) is 27.1. The topological polar surface area (TPSA) is 86.4 Å². The smallest absolute Gasteiger partial charge is 0.246 e. The summed E-state index contributed by atoms with van der Waals surface area (Å²) in [6.45, 7) is 3.29. The SMILES string of the molecule is CC(C(=O)CCc1cc(C2CC2)n[nH]1)c1cccc(CCC(=O)C2CCCCN2C(=O)/C=C/CN(C)C)c1. The maximum absolute atomic E-state index is 13.2. The number of aromatic amines is 1. The molecule has 1 amide bonds. The van der Waals surface area contributed by atoms with Gasteiger partial charge in [-0.05, 0) is 76.2 Å². The number of aromatic nitrogens is 2. The predicted molar refractivity (Wildman–Crippen MR) is 149 cm³/mol. The molecule has 4 rings (SSSR count). The van der Waals surface area contributed by atoms with E-state index >= 15 is 0 Å². The number of hydrogen-bond acceptors (Lipinski definition) is 5. The van der Waals surface area contributed by atoms with E-state index in [4.69, 9.17) is 0 Å². The maximum Gasteiger partial charge on any atom is 0.246 e. The Kier molecular flexibility index (Phi) is 9.67. The largest absolute Gasteiger partial charge is 0.329 e. The third-order valence-electron chi connectivity index (χ3n) is 7.77. The van der Waals surface area contributed by atoms with Crippen LogP contribution in [0.15, 0.2) is 42.5 Å². The quantitative estimate of drug-likeness (QED) is 0.392. The first-order valence-electron chi connectivity index (χ1n) is 14.1. The van der Waals surface area contributed by atoms with Crippen molar-refractivity contribution >= 4 is 17.5 Å². The summed E-state index contributed by atoms with van der Waals surface area (Å²) < 4.78 is 0. The van der Waals surface area contributed by atoms with Crippen molar-refractivity contribution in [2.24, 2.45) is 0 Å². The molecule has 0 bridgehead atoms. The summed E-state index contributed by atoms with van der Waals surface area (Å²) in [6.07, 6.45) is 10.7. The molecule has 2 unspecified atom stereocenters. The van der Waals surface area contributed by atoms with E-state index in [0.29, 0.717) is 44.7 Å². The molecule has 7 nitrogen and oxygen atoms in total. The van der Waals surface area contributed by atoms with Crippen LogP contribution in [0.1, 0.15) is 86.2 Å². The lowest BCUT2D eigenvalue weighted by atomic mass is 9.90. The fourth-order valence-electron chi connectivity index (χ4n) is 5.20. The Balaban J connectivity index is 1.29. The van der Waals surface area contributed by atoms with E-state index in [-0.39, 0.29) is 29.4 Å². The lowest BCUT2D eigenvalue weighted by molar-refractivity contribution is -0.137. The highest BCUT2D eigenvalue weighted by molar-refractivity contribution is 5.94. The third-order valence-corrected chi connectivity index (χ3v) is 7.77. The molecular weight excluding hydrogens is 476 g/mol. The third kappa shape index (κ3) is 7.73. The Morgan fingerprint density at radius 1 is 1.11 bits per heavy atom. The van der Waals surface area contributed by atoms with Gasteiger partial charge in [0.15, 0.2) is 5.78 Å². The first-order chi connectivity index (χ1) is 18.3. The van der Waals surface area contributed by atoms with Crippen LogP contribution in [0.25, 0.3) is 0 Å². The molecule has 2 fully saturated rings. The lowest BCUT2D eigenvalue weighted by Gasteiger charge is -2.34. The molecule has 38 heavy (non-hydrogen) atoms. The van der Waals surface area contributed by atoms with E-state index in [1.54, 1.807) is 11.0 Å². The number of hydrogen-bond donors (Lipinski definition) is 1. The van der Waals surface area contributed by atoms with Crippen molar-refractivity contribution in [1.82, 2.24) is 20.0 Å². The second kappa shape index (κ2) is 13.1. The summed E-state index contributed by atoms with van der Waals surface area (Å²) in [4.78, 5) is 42.6. The Labute approximate surface area is 226 Å². The number of amides is 1. The lowest BCUT2D eigenvalue weighted by Crippen LogP contribution is -2.47. The highest BCUT2D eigenvalue weighted by Gasteiger charge is 2.30. The van der Waals surface area contributed by atoms with Gasteiger partial charge in [0.1, 0.15) is 5.78 Å². The second-order valence-corrected chi connectivity index (χ2v) is 11.2. The van der Waals surface area contributed by atoms with Crippen LogP contribution in [0.4, 0.5) is 0 Å². The van der Waals surface area contributed by atoms with Gasteiger partial charge in [-0.1, -0.05) is 37.3 Å². The molecule has 1 aromatic heterocycles. The number of carbonyl (C=O) groups is 3. The van der Waals surface area contributed by atoms with Crippen molar-refractivity contribution in [2.75, 3.05) is 27.2 Å². The van der Waals surface area contributed by atoms with E-state index in [1.165, 1.54) is 12.8 Å². The molecule has 2 atom stereocenters. The normalized spacial score (nSPS) is 18.7. The molecule has 2 heterocycles. The van der Waals surface area contributed by atoms with E-state index < -0.39 is 0 Å². The summed E-state index contributed by atoms with van der Waals surface area (Å²) in [5.41, 5.74) is 4.20. The van der Waals surface area contributed by atoms with Crippen LogP contribution in [-0.2, 0) is 27.2 Å². The molecule has 0 spiro atoms. The summed E-state index contributed by atoms with van der Waals surface area (Å²) in [5.74, 6) is 0.670. The average Bonchev–Trinajstić information content (AvgIpc) is 3.67. The number of nitrogens with one attached hydrogen (secondary N) is 1. The Hall–Kier alpha value is -3.06. The molecule has 1 aliphatic heterocycles. The summed E-state index contributed by atoms with van der Waals surface area (Å²) in [6, 6.07) is 9.82. The van der Waals surface area contributed by atoms with Crippen LogP contribution in [0.3, 0.4) is 0 Å². The van der Waals surface area contributed by atoms with E-state index in [2.05, 4.69) is 22.3 Å². The molecule has 2 aromatic rings. The van der Waals surface area contributed by atoms with E-state index in [9.17, 15) is 14.4 Å².